The molecule has 0 atom stereocenters. The molecule has 0 unspecified atom stereocenters. The van der Waals surface area contributed by atoms with Gasteiger partial charge in [-0.3, -0.25) is 0 Å². The number of hydrogen-bond acceptors (Lipinski definition) is 0. The topological polar surface area (TPSA) is 0 Å². The number of halogens is 1. The minimum absolute atomic E-state index is 0.604. The van der Waals surface area contributed by atoms with Gasteiger partial charge in [0.15, 0.2) is 0 Å². The minimum Gasteiger partial charge on any atom is -0.0789 e. The van der Waals surface area contributed by atoms with Gasteiger partial charge >= 0.3 is 0 Å². The lowest BCUT2D eigenvalue weighted by Gasteiger charge is -2.24. The third kappa shape index (κ3) is 5.05. The zero-order chi connectivity index (χ0) is 8.74. The zero-order valence-corrected chi connectivity index (χ0v) is 10.3. The molecule has 0 rings (SSSR count). The minimum atomic E-state index is 0.604. The molecule has 0 aliphatic heterocycles. The average molecular weight is 268 g/mol. The van der Waals surface area contributed by atoms with E-state index >= 15 is 0 Å². The molecule has 0 bridgehead atoms. The van der Waals surface area contributed by atoms with Crippen molar-refractivity contribution in [3.8, 4) is 0 Å². The molecular formula is C10H21I. The summed E-state index contributed by atoms with van der Waals surface area (Å²) in [6.07, 6.45) is 8.24. The molecule has 0 aliphatic carbocycles. The molecule has 0 N–H and O–H groups in total. The summed E-state index contributed by atoms with van der Waals surface area (Å²) in [6, 6.07) is 0. The van der Waals surface area contributed by atoms with E-state index in [1.807, 2.05) is 0 Å². The molecule has 0 saturated heterocycles. The fraction of sp³-hybridized carbons (Fsp3) is 1.00. The van der Waals surface area contributed by atoms with Gasteiger partial charge in [-0.2, -0.15) is 0 Å². The van der Waals surface area contributed by atoms with E-state index in [4.69, 9.17) is 0 Å². The van der Waals surface area contributed by atoms with Gasteiger partial charge in [0.25, 0.3) is 0 Å². The first-order chi connectivity index (χ1) is 5.18. The van der Waals surface area contributed by atoms with Crippen molar-refractivity contribution in [1.82, 2.24) is 0 Å². The number of unbranched alkanes of at least 4 members (excludes halogenated alkanes) is 2. The summed E-state index contributed by atoms with van der Waals surface area (Å²) in [4.78, 5) is 0. The smallest absolute Gasteiger partial charge is 0.0217 e. The van der Waals surface area contributed by atoms with Crippen LogP contribution in [0.4, 0.5) is 0 Å². The van der Waals surface area contributed by atoms with E-state index in [2.05, 4.69) is 43.4 Å². The first-order valence-electron chi connectivity index (χ1n) is 4.87. The molecule has 0 amide bonds. The lowest BCUT2D eigenvalue weighted by Crippen LogP contribution is -2.17. The Balaban J connectivity index is 3.51. The van der Waals surface area contributed by atoms with Crippen molar-refractivity contribution in [3.63, 3.8) is 0 Å². The standard InChI is InChI=1S/C10H21I/c1-4-7-8-9-10(11,5-2)6-3/h4-9H2,1-3H3. The van der Waals surface area contributed by atoms with Crippen molar-refractivity contribution < 1.29 is 0 Å². The average Bonchev–Trinajstić information content (AvgIpc) is 2.05. The van der Waals surface area contributed by atoms with Crippen LogP contribution in [0.1, 0.15) is 59.3 Å². The zero-order valence-electron chi connectivity index (χ0n) is 8.12. The summed E-state index contributed by atoms with van der Waals surface area (Å²) in [5.41, 5.74) is 0. The maximum atomic E-state index is 2.64. The molecule has 0 fully saturated rings. The molecule has 0 aromatic carbocycles. The fourth-order valence-corrected chi connectivity index (χ4v) is 1.68. The molecule has 0 aliphatic rings. The highest BCUT2D eigenvalue weighted by Crippen LogP contribution is 2.32. The molecule has 0 saturated carbocycles. The van der Waals surface area contributed by atoms with Gasteiger partial charge in [-0.15, -0.1) is 0 Å². The third-order valence-electron chi connectivity index (χ3n) is 2.50. The summed E-state index contributed by atoms with van der Waals surface area (Å²) in [6.45, 7) is 6.89. The van der Waals surface area contributed by atoms with Crippen LogP contribution in [-0.4, -0.2) is 3.42 Å². The molecule has 1 heteroatoms. The maximum Gasteiger partial charge on any atom is 0.0217 e. The molecule has 0 spiro atoms. The van der Waals surface area contributed by atoms with Crippen LogP contribution in [0.25, 0.3) is 0 Å². The van der Waals surface area contributed by atoms with Gasteiger partial charge in [0.1, 0.15) is 0 Å². The summed E-state index contributed by atoms with van der Waals surface area (Å²) in [7, 11) is 0. The van der Waals surface area contributed by atoms with Crippen molar-refractivity contribution in [1.29, 1.82) is 0 Å². The lowest BCUT2D eigenvalue weighted by molar-refractivity contribution is 0.501. The Hall–Kier alpha value is 0.730. The van der Waals surface area contributed by atoms with Crippen molar-refractivity contribution in [2.45, 2.75) is 62.7 Å². The van der Waals surface area contributed by atoms with Crippen molar-refractivity contribution in [2.24, 2.45) is 0 Å². The SMILES string of the molecule is CCCCCC(I)(CC)CC. The van der Waals surface area contributed by atoms with Crippen molar-refractivity contribution >= 4 is 22.6 Å². The highest BCUT2D eigenvalue weighted by atomic mass is 127. The predicted molar refractivity (Wildman–Crippen MR) is 61.5 cm³/mol. The fourth-order valence-electron chi connectivity index (χ4n) is 1.30. The first kappa shape index (κ1) is 11.7. The normalized spacial score (nSPS) is 12.0. The summed E-state index contributed by atoms with van der Waals surface area (Å²) < 4.78 is 0.604. The van der Waals surface area contributed by atoms with Crippen LogP contribution in [0.5, 0.6) is 0 Å². The highest BCUT2D eigenvalue weighted by Gasteiger charge is 2.20. The third-order valence-corrected chi connectivity index (χ3v) is 4.56. The first-order valence-corrected chi connectivity index (χ1v) is 5.95. The van der Waals surface area contributed by atoms with Crippen LogP contribution >= 0.6 is 22.6 Å². The molecule has 0 nitrogen and oxygen atoms in total. The van der Waals surface area contributed by atoms with E-state index in [9.17, 15) is 0 Å². The molecular weight excluding hydrogens is 247 g/mol. The van der Waals surface area contributed by atoms with Gasteiger partial charge in [0.05, 0.1) is 0 Å². The molecule has 0 radical (unpaired) electrons. The highest BCUT2D eigenvalue weighted by molar-refractivity contribution is 14.1. The van der Waals surface area contributed by atoms with Gasteiger partial charge in [-0.05, 0) is 19.3 Å². The summed E-state index contributed by atoms with van der Waals surface area (Å²) in [5, 5.41) is 0. The van der Waals surface area contributed by atoms with Gasteiger partial charge in [-0.1, -0.05) is 62.6 Å². The Bertz CT molecular complexity index is 84.9. The van der Waals surface area contributed by atoms with Crippen molar-refractivity contribution in [2.75, 3.05) is 0 Å². The quantitative estimate of drug-likeness (QED) is 0.376. The molecule has 0 aromatic rings. The van der Waals surface area contributed by atoms with Crippen molar-refractivity contribution in [3.05, 3.63) is 0 Å². The molecule has 0 heterocycles. The molecule has 0 aromatic heterocycles. The lowest BCUT2D eigenvalue weighted by atomic mass is 9.96. The van der Waals surface area contributed by atoms with Gasteiger partial charge in [0.2, 0.25) is 0 Å². The number of rotatable bonds is 6. The monoisotopic (exact) mass is 268 g/mol. The van der Waals surface area contributed by atoms with E-state index < -0.39 is 0 Å². The Morgan fingerprint density at radius 3 is 1.91 bits per heavy atom. The summed E-state index contributed by atoms with van der Waals surface area (Å²) in [5.74, 6) is 0. The van der Waals surface area contributed by atoms with Crippen LogP contribution in [-0.2, 0) is 0 Å². The van der Waals surface area contributed by atoms with Gasteiger partial charge < -0.3 is 0 Å². The van der Waals surface area contributed by atoms with E-state index in [0.717, 1.165) is 0 Å². The molecule has 11 heavy (non-hydrogen) atoms. The van der Waals surface area contributed by atoms with Gasteiger partial charge in [0, 0.05) is 3.42 Å². The van der Waals surface area contributed by atoms with E-state index in [-0.39, 0.29) is 0 Å². The van der Waals surface area contributed by atoms with Crippen LogP contribution in [0.2, 0.25) is 0 Å². The van der Waals surface area contributed by atoms with E-state index in [1.54, 1.807) is 0 Å². The van der Waals surface area contributed by atoms with Crippen LogP contribution < -0.4 is 0 Å². The Morgan fingerprint density at radius 1 is 1.00 bits per heavy atom. The second-order valence-corrected chi connectivity index (χ2v) is 5.60. The second-order valence-electron chi connectivity index (χ2n) is 3.32. The summed E-state index contributed by atoms with van der Waals surface area (Å²) >= 11 is 2.64. The maximum absolute atomic E-state index is 2.64. The van der Waals surface area contributed by atoms with E-state index in [1.165, 1.54) is 38.5 Å². The van der Waals surface area contributed by atoms with Crippen LogP contribution in [0.3, 0.4) is 0 Å². The molecule has 68 valence electrons. The number of hydrogen-bond donors (Lipinski definition) is 0. The van der Waals surface area contributed by atoms with Gasteiger partial charge in [-0.25, -0.2) is 0 Å². The Labute approximate surface area is 85.3 Å². The van der Waals surface area contributed by atoms with Crippen LogP contribution in [0, 0.1) is 0 Å². The number of alkyl halides is 1. The van der Waals surface area contributed by atoms with Crippen LogP contribution in [0.15, 0.2) is 0 Å². The Morgan fingerprint density at radius 2 is 1.55 bits per heavy atom. The Kier molecular flexibility index (Phi) is 6.68. The second kappa shape index (κ2) is 6.27. The van der Waals surface area contributed by atoms with E-state index in [0.29, 0.717) is 3.42 Å². The largest absolute Gasteiger partial charge is 0.0789 e. The predicted octanol–water partition coefficient (Wildman–Crippen LogP) is 4.56.